The van der Waals surface area contributed by atoms with Crippen LogP contribution in [0.3, 0.4) is 0 Å². The van der Waals surface area contributed by atoms with Gasteiger partial charge < -0.3 is 9.73 Å². The van der Waals surface area contributed by atoms with Crippen LogP contribution in [0.5, 0.6) is 0 Å². The Kier molecular flexibility index (Phi) is 5.73. The maximum atomic E-state index is 13.1. The van der Waals surface area contributed by atoms with E-state index in [-0.39, 0.29) is 17.0 Å². The number of hydrogen-bond donors (Lipinski definition) is 1. The zero-order valence-electron chi connectivity index (χ0n) is 14.0. The van der Waals surface area contributed by atoms with Gasteiger partial charge in [-0.05, 0) is 37.3 Å². The quantitative estimate of drug-likeness (QED) is 0.883. The Labute approximate surface area is 151 Å². The van der Waals surface area contributed by atoms with E-state index >= 15 is 0 Å². The fraction of sp³-hybridized carbons (Fsp3) is 0.389. The van der Waals surface area contributed by atoms with Crippen molar-refractivity contribution in [1.29, 1.82) is 0 Å². The van der Waals surface area contributed by atoms with Crippen LogP contribution >= 0.6 is 11.6 Å². The van der Waals surface area contributed by atoms with E-state index in [1.54, 1.807) is 6.26 Å². The zero-order chi connectivity index (χ0) is 17.8. The zero-order valence-corrected chi connectivity index (χ0v) is 14.8. The standard InChI is InChI=1S/C18H21ClFN3O2/c1-13(18(24)21-17-5-4-14(20)11-16(17)19)23-8-6-22(7-9-23)12-15-3-2-10-25-15/h2-5,10-11,13H,6-9,12H2,1H3,(H,21,24). The van der Waals surface area contributed by atoms with Crippen LogP contribution in [0.4, 0.5) is 10.1 Å². The molecule has 0 radical (unpaired) electrons. The summed E-state index contributed by atoms with van der Waals surface area (Å²) in [4.78, 5) is 16.9. The molecular formula is C18H21ClFN3O2. The summed E-state index contributed by atoms with van der Waals surface area (Å²) in [5.74, 6) is 0.377. The second-order valence-electron chi connectivity index (χ2n) is 6.18. The molecular weight excluding hydrogens is 345 g/mol. The highest BCUT2D eigenvalue weighted by Crippen LogP contribution is 2.23. The molecule has 2 heterocycles. The number of hydrogen-bond acceptors (Lipinski definition) is 4. The van der Waals surface area contributed by atoms with Gasteiger partial charge in [-0.25, -0.2) is 4.39 Å². The predicted octanol–water partition coefficient (Wildman–Crippen LogP) is 3.22. The summed E-state index contributed by atoms with van der Waals surface area (Å²) in [5.41, 5.74) is 0.427. The Morgan fingerprint density at radius 2 is 2.08 bits per heavy atom. The van der Waals surface area contributed by atoms with Gasteiger partial charge in [-0.2, -0.15) is 0 Å². The number of rotatable bonds is 5. The number of halogens is 2. The second-order valence-corrected chi connectivity index (χ2v) is 6.59. The Bertz CT molecular complexity index is 715. The molecule has 25 heavy (non-hydrogen) atoms. The van der Waals surface area contributed by atoms with Crippen molar-refractivity contribution in [3.63, 3.8) is 0 Å². The third-order valence-corrected chi connectivity index (χ3v) is 4.80. The van der Waals surface area contributed by atoms with Gasteiger partial charge in [0.2, 0.25) is 5.91 Å². The van der Waals surface area contributed by atoms with Crippen molar-refractivity contribution in [1.82, 2.24) is 9.80 Å². The Morgan fingerprint density at radius 1 is 1.32 bits per heavy atom. The number of amides is 1. The van der Waals surface area contributed by atoms with Crippen LogP contribution in [0.15, 0.2) is 41.0 Å². The minimum Gasteiger partial charge on any atom is -0.468 e. The first-order valence-electron chi connectivity index (χ1n) is 8.27. The molecule has 3 rings (SSSR count). The lowest BCUT2D eigenvalue weighted by atomic mass is 10.2. The Morgan fingerprint density at radius 3 is 2.72 bits per heavy atom. The van der Waals surface area contributed by atoms with E-state index in [0.717, 1.165) is 38.5 Å². The molecule has 1 aromatic heterocycles. The molecule has 1 aromatic carbocycles. The normalized spacial score (nSPS) is 17.4. The third-order valence-electron chi connectivity index (χ3n) is 4.48. The lowest BCUT2D eigenvalue weighted by molar-refractivity contribution is -0.121. The molecule has 0 spiro atoms. The largest absolute Gasteiger partial charge is 0.468 e. The molecule has 1 saturated heterocycles. The summed E-state index contributed by atoms with van der Waals surface area (Å²) in [6, 6.07) is 7.51. The fourth-order valence-corrected chi connectivity index (χ4v) is 3.14. The number of carbonyl (C=O) groups is 1. The van der Waals surface area contributed by atoms with E-state index in [0.29, 0.717) is 5.69 Å². The molecule has 134 valence electrons. The van der Waals surface area contributed by atoms with E-state index in [2.05, 4.69) is 15.1 Å². The third kappa shape index (κ3) is 4.60. The van der Waals surface area contributed by atoms with Crippen LogP contribution in [0.25, 0.3) is 0 Å². The highest BCUT2D eigenvalue weighted by molar-refractivity contribution is 6.33. The van der Waals surface area contributed by atoms with Crippen LogP contribution in [-0.2, 0) is 11.3 Å². The minimum atomic E-state index is -0.427. The smallest absolute Gasteiger partial charge is 0.241 e. The Balaban J connectivity index is 1.51. The summed E-state index contributed by atoms with van der Waals surface area (Å²) in [6.07, 6.45) is 1.68. The molecule has 7 heteroatoms. The number of piperazine rings is 1. The summed E-state index contributed by atoms with van der Waals surface area (Å²) in [5, 5.41) is 2.97. The molecule has 1 fully saturated rings. The molecule has 0 aliphatic carbocycles. The van der Waals surface area contributed by atoms with Crippen LogP contribution in [0, 0.1) is 5.82 Å². The minimum absolute atomic E-state index is 0.145. The van der Waals surface area contributed by atoms with Crippen molar-refractivity contribution in [3.8, 4) is 0 Å². The molecule has 1 atom stereocenters. The monoisotopic (exact) mass is 365 g/mol. The van der Waals surface area contributed by atoms with Gasteiger partial charge in [-0.1, -0.05) is 11.6 Å². The first kappa shape index (κ1) is 17.9. The lowest BCUT2D eigenvalue weighted by Crippen LogP contribution is -2.52. The van der Waals surface area contributed by atoms with E-state index in [1.165, 1.54) is 18.2 Å². The first-order valence-corrected chi connectivity index (χ1v) is 8.65. The SMILES string of the molecule is CC(C(=O)Nc1ccc(F)cc1Cl)N1CCN(Cc2ccco2)CC1. The van der Waals surface area contributed by atoms with Gasteiger partial charge in [0.05, 0.1) is 29.6 Å². The van der Waals surface area contributed by atoms with Crippen LogP contribution < -0.4 is 5.32 Å². The molecule has 1 unspecified atom stereocenters. The summed E-state index contributed by atoms with van der Waals surface area (Å²) < 4.78 is 18.5. The summed E-state index contributed by atoms with van der Waals surface area (Å²) >= 11 is 5.97. The fourth-order valence-electron chi connectivity index (χ4n) is 2.93. The van der Waals surface area contributed by atoms with Crippen molar-refractivity contribution in [2.24, 2.45) is 0 Å². The van der Waals surface area contributed by atoms with Gasteiger partial charge in [0.1, 0.15) is 11.6 Å². The van der Waals surface area contributed by atoms with Crippen LogP contribution in [0.1, 0.15) is 12.7 Å². The summed E-state index contributed by atoms with van der Waals surface area (Å²) in [6.45, 7) is 5.99. The van der Waals surface area contributed by atoms with Gasteiger partial charge >= 0.3 is 0 Å². The van der Waals surface area contributed by atoms with Gasteiger partial charge in [-0.3, -0.25) is 14.6 Å². The molecule has 0 bridgehead atoms. The average molecular weight is 366 g/mol. The van der Waals surface area contributed by atoms with Crippen LogP contribution in [-0.4, -0.2) is 47.9 Å². The number of furan rings is 1. The van der Waals surface area contributed by atoms with Gasteiger partial charge in [0.15, 0.2) is 0 Å². The predicted molar refractivity (Wildman–Crippen MR) is 95.1 cm³/mol. The number of nitrogens with zero attached hydrogens (tertiary/aromatic N) is 2. The first-order chi connectivity index (χ1) is 12.0. The Hall–Kier alpha value is -1.89. The van der Waals surface area contributed by atoms with Gasteiger partial charge in [0.25, 0.3) is 0 Å². The highest BCUT2D eigenvalue weighted by atomic mass is 35.5. The van der Waals surface area contributed by atoms with Crippen molar-refractivity contribution >= 4 is 23.2 Å². The molecule has 1 N–H and O–H groups in total. The molecule has 1 amide bonds. The van der Waals surface area contributed by atoms with Gasteiger partial charge in [0, 0.05) is 26.2 Å². The van der Waals surface area contributed by atoms with Gasteiger partial charge in [-0.15, -0.1) is 0 Å². The molecule has 1 aliphatic heterocycles. The number of nitrogens with one attached hydrogen (secondary N) is 1. The van der Waals surface area contributed by atoms with E-state index in [4.69, 9.17) is 16.0 Å². The number of carbonyl (C=O) groups excluding carboxylic acids is 1. The van der Waals surface area contributed by atoms with Crippen molar-refractivity contribution < 1.29 is 13.6 Å². The molecule has 5 nitrogen and oxygen atoms in total. The lowest BCUT2D eigenvalue weighted by Gasteiger charge is -2.37. The molecule has 1 aliphatic rings. The summed E-state index contributed by atoms with van der Waals surface area (Å²) in [7, 11) is 0. The van der Waals surface area contributed by atoms with Crippen molar-refractivity contribution in [2.45, 2.75) is 19.5 Å². The molecule has 0 saturated carbocycles. The van der Waals surface area contributed by atoms with Crippen LogP contribution in [0.2, 0.25) is 5.02 Å². The maximum Gasteiger partial charge on any atom is 0.241 e. The van der Waals surface area contributed by atoms with Crippen molar-refractivity contribution in [2.75, 3.05) is 31.5 Å². The van der Waals surface area contributed by atoms with Crippen molar-refractivity contribution in [3.05, 3.63) is 53.2 Å². The average Bonchev–Trinajstić information content (AvgIpc) is 3.10. The number of anilines is 1. The van der Waals surface area contributed by atoms with E-state index < -0.39 is 5.82 Å². The maximum absolute atomic E-state index is 13.1. The topological polar surface area (TPSA) is 48.7 Å². The van der Waals surface area contributed by atoms with E-state index in [1.807, 2.05) is 19.1 Å². The number of benzene rings is 1. The molecule has 2 aromatic rings. The highest BCUT2D eigenvalue weighted by Gasteiger charge is 2.26. The van der Waals surface area contributed by atoms with E-state index in [9.17, 15) is 9.18 Å². The second kappa shape index (κ2) is 7.99.